The molecular weight excluding hydrogens is 266 g/mol. The van der Waals surface area contributed by atoms with Gasteiger partial charge in [0.25, 0.3) is 0 Å². The molecule has 104 valence electrons. The van der Waals surface area contributed by atoms with Crippen LogP contribution < -0.4 is 5.32 Å². The normalized spacial score (nSPS) is 11.9. The van der Waals surface area contributed by atoms with E-state index in [-0.39, 0.29) is 11.3 Å². The van der Waals surface area contributed by atoms with E-state index in [0.717, 1.165) is 12.3 Å². The maximum Gasteiger partial charge on any atom is 0.335 e. The first kappa shape index (κ1) is 13.9. The third kappa shape index (κ3) is 3.09. The van der Waals surface area contributed by atoms with Crippen LogP contribution in [0.15, 0.2) is 36.5 Å². The molecule has 0 saturated heterocycles. The van der Waals surface area contributed by atoms with Gasteiger partial charge in [-0.15, -0.1) is 0 Å². The summed E-state index contributed by atoms with van der Waals surface area (Å²) in [6.07, 6.45) is 1.07. The summed E-state index contributed by atoms with van der Waals surface area (Å²) in [5.41, 5.74) is 0.559. The van der Waals surface area contributed by atoms with Crippen LogP contribution in [0, 0.1) is 11.6 Å². The van der Waals surface area contributed by atoms with E-state index in [4.69, 9.17) is 5.11 Å². The molecule has 0 spiro atoms. The van der Waals surface area contributed by atoms with Crippen molar-refractivity contribution in [3.05, 3.63) is 59.4 Å². The van der Waals surface area contributed by atoms with Gasteiger partial charge in [-0.2, -0.15) is 0 Å². The highest BCUT2D eigenvalue weighted by Gasteiger charge is 2.12. The van der Waals surface area contributed by atoms with Gasteiger partial charge in [0.2, 0.25) is 0 Å². The second-order valence-electron chi connectivity index (χ2n) is 4.27. The van der Waals surface area contributed by atoms with E-state index >= 15 is 0 Å². The largest absolute Gasteiger partial charge is 0.478 e. The Morgan fingerprint density at radius 1 is 1.30 bits per heavy atom. The van der Waals surface area contributed by atoms with E-state index in [2.05, 4.69) is 10.3 Å². The van der Waals surface area contributed by atoms with Gasteiger partial charge < -0.3 is 10.4 Å². The molecule has 0 aliphatic rings. The number of halogens is 2. The number of nitrogens with one attached hydrogen (secondary N) is 1. The fourth-order valence-corrected chi connectivity index (χ4v) is 1.72. The molecule has 0 aliphatic heterocycles. The number of carboxylic acids is 1. The van der Waals surface area contributed by atoms with Crippen LogP contribution in [0.5, 0.6) is 0 Å². The second kappa shape index (κ2) is 5.64. The molecule has 0 bridgehead atoms. The first-order valence-electron chi connectivity index (χ1n) is 5.88. The first-order chi connectivity index (χ1) is 9.47. The van der Waals surface area contributed by atoms with E-state index in [1.54, 1.807) is 6.92 Å². The summed E-state index contributed by atoms with van der Waals surface area (Å²) in [6, 6.07) is 5.81. The average Bonchev–Trinajstić information content (AvgIpc) is 2.41. The van der Waals surface area contributed by atoms with Gasteiger partial charge in [0.05, 0.1) is 29.2 Å². The van der Waals surface area contributed by atoms with Crippen LogP contribution in [0.2, 0.25) is 0 Å². The molecule has 1 aromatic heterocycles. The molecule has 2 rings (SSSR count). The lowest BCUT2D eigenvalue weighted by atomic mass is 10.1. The zero-order valence-electron chi connectivity index (χ0n) is 10.6. The average molecular weight is 278 g/mol. The van der Waals surface area contributed by atoms with Gasteiger partial charge in [-0.3, -0.25) is 4.98 Å². The summed E-state index contributed by atoms with van der Waals surface area (Å²) in [5.74, 6) is -2.16. The lowest BCUT2D eigenvalue weighted by Gasteiger charge is -2.15. The molecule has 1 heterocycles. The molecule has 0 radical (unpaired) electrons. The number of hydrogen-bond donors (Lipinski definition) is 2. The highest BCUT2D eigenvalue weighted by molar-refractivity contribution is 5.88. The van der Waals surface area contributed by atoms with Crippen molar-refractivity contribution in [3.63, 3.8) is 0 Å². The standard InChI is InChI=1S/C14H12F2N2O2/c1-8(12-5-3-10(15)7-17-12)18-13-6-9(14(19)20)2-4-11(13)16/h2-8,18H,1H3,(H,19,20). The second-order valence-corrected chi connectivity index (χ2v) is 4.27. The topological polar surface area (TPSA) is 62.2 Å². The summed E-state index contributed by atoms with van der Waals surface area (Å²) in [6.45, 7) is 1.72. The Hall–Kier alpha value is -2.50. The van der Waals surface area contributed by atoms with Crippen LogP contribution >= 0.6 is 0 Å². The Bertz CT molecular complexity index is 630. The molecule has 2 N–H and O–H groups in total. The van der Waals surface area contributed by atoms with Crippen LogP contribution in [0.4, 0.5) is 14.5 Å². The molecule has 0 fully saturated rings. The molecule has 2 aromatic rings. The zero-order chi connectivity index (χ0) is 14.7. The van der Waals surface area contributed by atoms with Crippen molar-refractivity contribution in [1.29, 1.82) is 0 Å². The van der Waals surface area contributed by atoms with Gasteiger partial charge in [0, 0.05) is 0 Å². The first-order valence-corrected chi connectivity index (χ1v) is 5.88. The lowest BCUT2D eigenvalue weighted by molar-refractivity contribution is 0.0697. The molecule has 0 aliphatic carbocycles. The van der Waals surface area contributed by atoms with Crippen LogP contribution in [0.3, 0.4) is 0 Å². The third-order valence-electron chi connectivity index (χ3n) is 2.78. The van der Waals surface area contributed by atoms with Gasteiger partial charge in [-0.25, -0.2) is 13.6 Å². The van der Waals surface area contributed by atoms with E-state index in [1.165, 1.54) is 24.3 Å². The number of carbonyl (C=O) groups is 1. The summed E-state index contributed by atoms with van der Waals surface area (Å²) in [5, 5.41) is 11.7. The predicted octanol–water partition coefficient (Wildman–Crippen LogP) is 3.23. The number of nitrogens with zero attached hydrogens (tertiary/aromatic N) is 1. The van der Waals surface area contributed by atoms with Crippen LogP contribution in [-0.4, -0.2) is 16.1 Å². The van der Waals surface area contributed by atoms with E-state index in [0.29, 0.717) is 5.69 Å². The number of pyridine rings is 1. The minimum absolute atomic E-state index is 0.0202. The summed E-state index contributed by atoms with van der Waals surface area (Å²) < 4.78 is 26.4. The van der Waals surface area contributed by atoms with Gasteiger partial charge >= 0.3 is 5.97 Å². The number of carboxylic acid groups (broad SMARTS) is 1. The van der Waals surface area contributed by atoms with Gasteiger partial charge in [0.1, 0.15) is 11.6 Å². The van der Waals surface area contributed by atoms with Crippen LogP contribution in [-0.2, 0) is 0 Å². The number of hydrogen-bond acceptors (Lipinski definition) is 3. The highest BCUT2D eigenvalue weighted by Crippen LogP contribution is 2.22. The Kier molecular flexibility index (Phi) is 3.93. The minimum atomic E-state index is -1.14. The van der Waals surface area contributed by atoms with Gasteiger partial charge in [-0.1, -0.05) is 0 Å². The highest BCUT2D eigenvalue weighted by atomic mass is 19.1. The van der Waals surface area contributed by atoms with Gasteiger partial charge in [-0.05, 0) is 37.3 Å². The smallest absolute Gasteiger partial charge is 0.335 e. The summed E-state index contributed by atoms with van der Waals surface area (Å²) >= 11 is 0. The monoisotopic (exact) mass is 278 g/mol. The minimum Gasteiger partial charge on any atom is -0.478 e. The maximum absolute atomic E-state index is 13.6. The van der Waals surface area contributed by atoms with Crippen molar-refractivity contribution < 1.29 is 18.7 Å². The molecule has 0 saturated carbocycles. The summed E-state index contributed by atoms with van der Waals surface area (Å²) in [4.78, 5) is 14.7. The lowest BCUT2D eigenvalue weighted by Crippen LogP contribution is -2.10. The number of aromatic carboxylic acids is 1. The quantitative estimate of drug-likeness (QED) is 0.901. The molecule has 0 amide bonds. The molecule has 4 nitrogen and oxygen atoms in total. The molecule has 6 heteroatoms. The van der Waals surface area contributed by atoms with E-state index in [9.17, 15) is 13.6 Å². The van der Waals surface area contributed by atoms with Crippen LogP contribution in [0.1, 0.15) is 29.0 Å². The maximum atomic E-state index is 13.6. The van der Waals surface area contributed by atoms with Crippen molar-refractivity contribution in [2.45, 2.75) is 13.0 Å². The summed E-state index contributed by atoms with van der Waals surface area (Å²) in [7, 11) is 0. The van der Waals surface area contributed by atoms with Gasteiger partial charge in [0.15, 0.2) is 0 Å². The number of aromatic nitrogens is 1. The molecule has 1 atom stereocenters. The Morgan fingerprint density at radius 2 is 2.05 bits per heavy atom. The van der Waals surface area contributed by atoms with Crippen molar-refractivity contribution in [1.82, 2.24) is 4.98 Å². The van der Waals surface area contributed by atoms with Crippen molar-refractivity contribution in [2.24, 2.45) is 0 Å². The SMILES string of the molecule is CC(Nc1cc(C(=O)O)ccc1F)c1ccc(F)cn1. The van der Waals surface area contributed by atoms with Crippen molar-refractivity contribution in [3.8, 4) is 0 Å². The van der Waals surface area contributed by atoms with E-state index < -0.39 is 23.6 Å². The number of benzene rings is 1. The van der Waals surface area contributed by atoms with Crippen molar-refractivity contribution >= 4 is 11.7 Å². The Labute approximate surface area is 114 Å². The number of rotatable bonds is 4. The zero-order valence-corrected chi connectivity index (χ0v) is 10.6. The van der Waals surface area contributed by atoms with Crippen molar-refractivity contribution in [2.75, 3.05) is 5.32 Å². The van der Waals surface area contributed by atoms with E-state index in [1.807, 2.05) is 0 Å². The Morgan fingerprint density at radius 3 is 2.65 bits per heavy atom. The molecule has 20 heavy (non-hydrogen) atoms. The fourth-order valence-electron chi connectivity index (χ4n) is 1.72. The Balaban J connectivity index is 2.22. The molecular formula is C14H12F2N2O2. The molecule has 1 aromatic carbocycles. The molecule has 1 unspecified atom stereocenters. The predicted molar refractivity (Wildman–Crippen MR) is 69.6 cm³/mol. The van der Waals surface area contributed by atoms with Crippen LogP contribution in [0.25, 0.3) is 0 Å². The number of anilines is 1. The fraction of sp³-hybridized carbons (Fsp3) is 0.143. The third-order valence-corrected chi connectivity index (χ3v) is 2.78.